The number of hydrogen-bond acceptors (Lipinski definition) is 3. The van der Waals surface area contributed by atoms with Crippen molar-refractivity contribution in [1.29, 1.82) is 0 Å². The molecule has 0 saturated heterocycles. The Morgan fingerprint density at radius 3 is 2.88 bits per heavy atom. The fourth-order valence-corrected chi connectivity index (χ4v) is 1.04. The van der Waals surface area contributed by atoms with Crippen molar-refractivity contribution in [2.45, 2.75) is 0 Å². The van der Waals surface area contributed by atoms with Crippen molar-refractivity contribution < 1.29 is 0 Å². The van der Waals surface area contributed by atoms with Gasteiger partial charge < -0.3 is 10.6 Å². The van der Waals surface area contributed by atoms with Gasteiger partial charge in [-0.2, -0.15) is 0 Å². The number of thioether (sulfide) groups is 1. The Morgan fingerprint density at radius 1 is 1.75 bits per heavy atom. The van der Waals surface area contributed by atoms with Gasteiger partial charge in [0.25, 0.3) is 0 Å². The molecule has 2 nitrogen and oxygen atoms in total. The molecule has 1 rings (SSSR count). The molecular formula is C5H8N2S. The van der Waals surface area contributed by atoms with Gasteiger partial charge in [-0.05, 0) is 5.41 Å². The van der Waals surface area contributed by atoms with Crippen LogP contribution in [0.4, 0.5) is 0 Å². The van der Waals surface area contributed by atoms with E-state index in [0.717, 1.165) is 5.82 Å². The van der Waals surface area contributed by atoms with Gasteiger partial charge in [0.05, 0.1) is 0 Å². The van der Waals surface area contributed by atoms with E-state index in [2.05, 4.69) is 0 Å². The van der Waals surface area contributed by atoms with E-state index >= 15 is 0 Å². The summed E-state index contributed by atoms with van der Waals surface area (Å²) in [6.45, 7) is 0. The van der Waals surface area contributed by atoms with Crippen molar-refractivity contribution in [3.8, 4) is 0 Å². The van der Waals surface area contributed by atoms with E-state index in [1.807, 2.05) is 29.0 Å². The van der Waals surface area contributed by atoms with E-state index in [1.165, 1.54) is 0 Å². The minimum Gasteiger partial charge on any atom is -0.385 e. The zero-order valence-electron chi connectivity index (χ0n) is 4.66. The number of nitrogens with two attached hydrogens (primary N) is 1. The van der Waals surface area contributed by atoms with Gasteiger partial charge in [-0.25, -0.2) is 0 Å². The first-order chi connectivity index (χ1) is 3.80. The van der Waals surface area contributed by atoms with Crippen LogP contribution in [0.5, 0.6) is 0 Å². The molecule has 0 spiro atoms. The molecule has 0 atom stereocenters. The van der Waals surface area contributed by atoms with Crippen LogP contribution in [-0.4, -0.2) is 11.9 Å². The van der Waals surface area contributed by atoms with Crippen LogP contribution in [0.2, 0.25) is 0 Å². The van der Waals surface area contributed by atoms with Crippen LogP contribution in [0.1, 0.15) is 0 Å². The second kappa shape index (κ2) is 2.13. The van der Waals surface area contributed by atoms with E-state index in [9.17, 15) is 0 Å². The van der Waals surface area contributed by atoms with E-state index in [1.54, 1.807) is 11.8 Å². The van der Waals surface area contributed by atoms with Crippen molar-refractivity contribution in [3.63, 3.8) is 0 Å². The Morgan fingerprint density at radius 2 is 2.50 bits per heavy atom. The summed E-state index contributed by atoms with van der Waals surface area (Å²) < 4.78 is 0. The molecule has 0 aliphatic carbocycles. The fraction of sp³-hybridized carbons (Fsp3) is 0.200. The molecule has 0 aromatic rings. The van der Waals surface area contributed by atoms with Crippen LogP contribution in [0.15, 0.2) is 22.8 Å². The van der Waals surface area contributed by atoms with Crippen LogP contribution < -0.4 is 5.73 Å². The van der Waals surface area contributed by atoms with Gasteiger partial charge in [-0.3, -0.25) is 0 Å². The predicted molar refractivity (Wildman–Crippen MR) is 36.8 cm³/mol. The third-order valence-electron chi connectivity index (χ3n) is 0.959. The normalized spacial score (nSPS) is 18.6. The standard InChI is InChI=1S/C5H8N2S/c1-7-2-3-8-4-5(7)6/h2-4H,6H2,1H3. The minimum atomic E-state index is 0.803. The predicted octanol–water partition coefficient (Wildman–Crippen LogP) is 0.894. The molecule has 0 aromatic carbocycles. The molecule has 1 heterocycles. The van der Waals surface area contributed by atoms with Crippen LogP contribution >= 0.6 is 11.8 Å². The first-order valence-electron chi connectivity index (χ1n) is 2.31. The molecule has 0 aromatic heterocycles. The molecule has 0 amide bonds. The summed E-state index contributed by atoms with van der Waals surface area (Å²) in [5, 5.41) is 3.89. The molecule has 0 bridgehead atoms. The summed E-state index contributed by atoms with van der Waals surface area (Å²) in [6.07, 6.45) is 1.93. The number of hydrogen-bond donors (Lipinski definition) is 1. The largest absolute Gasteiger partial charge is 0.385 e. The highest BCUT2D eigenvalue weighted by Gasteiger charge is 1.96. The Kier molecular flexibility index (Phi) is 1.48. The second-order valence-corrected chi connectivity index (χ2v) is 2.35. The second-order valence-electron chi connectivity index (χ2n) is 1.57. The molecule has 2 N–H and O–H groups in total. The summed E-state index contributed by atoms with van der Waals surface area (Å²) in [5.41, 5.74) is 5.49. The van der Waals surface area contributed by atoms with Crippen LogP contribution in [-0.2, 0) is 0 Å². The van der Waals surface area contributed by atoms with Crippen molar-refractivity contribution in [2.75, 3.05) is 7.05 Å². The van der Waals surface area contributed by atoms with E-state index < -0.39 is 0 Å². The summed E-state index contributed by atoms with van der Waals surface area (Å²) in [4.78, 5) is 1.87. The summed E-state index contributed by atoms with van der Waals surface area (Å²) in [5.74, 6) is 0.803. The first kappa shape index (κ1) is 5.56. The maximum Gasteiger partial charge on any atom is 0.109 e. The summed E-state index contributed by atoms with van der Waals surface area (Å²) >= 11 is 1.60. The molecule has 1 aliphatic rings. The van der Waals surface area contributed by atoms with E-state index in [4.69, 9.17) is 5.73 Å². The quantitative estimate of drug-likeness (QED) is 0.525. The Labute approximate surface area is 53.0 Å². The van der Waals surface area contributed by atoms with E-state index in [-0.39, 0.29) is 0 Å². The van der Waals surface area contributed by atoms with E-state index in [0.29, 0.717) is 0 Å². The topological polar surface area (TPSA) is 29.3 Å². The summed E-state index contributed by atoms with van der Waals surface area (Å²) in [6, 6.07) is 0. The van der Waals surface area contributed by atoms with Crippen LogP contribution in [0, 0.1) is 0 Å². The Bertz CT molecular complexity index is 139. The molecule has 3 heteroatoms. The Balaban J connectivity index is 2.63. The summed E-state index contributed by atoms with van der Waals surface area (Å²) in [7, 11) is 1.92. The van der Waals surface area contributed by atoms with Crippen molar-refractivity contribution >= 4 is 11.8 Å². The first-order valence-corrected chi connectivity index (χ1v) is 3.25. The average molecular weight is 128 g/mol. The van der Waals surface area contributed by atoms with Gasteiger partial charge in [0.15, 0.2) is 0 Å². The van der Waals surface area contributed by atoms with Gasteiger partial charge in [0.2, 0.25) is 0 Å². The third kappa shape index (κ3) is 0.980. The lowest BCUT2D eigenvalue weighted by molar-refractivity contribution is 0.562. The van der Waals surface area contributed by atoms with Gasteiger partial charge in [0.1, 0.15) is 5.82 Å². The maximum atomic E-state index is 5.49. The number of rotatable bonds is 0. The lowest BCUT2D eigenvalue weighted by atomic mass is 10.7. The molecular weight excluding hydrogens is 120 g/mol. The average Bonchev–Trinajstić information content (AvgIpc) is 1.77. The van der Waals surface area contributed by atoms with Crippen LogP contribution in [0.3, 0.4) is 0 Å². The highest BCUT2D eigenvalue weighted by molar-refractivity contribution is 8.04. The van der Waals surface area contributed by atoms with Crippen molar-refractivity contribution in [1.82, 2.24) is 4.90 Å². The monoisotopic (exact) mass is 128 g/mol. The SMILES string of the molecule is CN1C=CSC=C1N. The van der Waals surface area contributed by atoms with Crippen LogP contribution in [0.25, 0.3) is 0 Å². The van der Waals surface area contributed by atoms with Gasteiger partial charge in [-0.15, -0.1) is 11.8 Å². The van der Waals surface area contributed by atoms with Gasteiger partial charge in [-0.1, -0.05) is 0 Å². The zero-order chi connectivity index (χ0) is 5.98. The Hall–Kier alpha value is -0.570. The molecule has 44 valence electrons. The molecule has 0 fully saturated rings. The van der Waals surface area contributed by atoms with Gasteiger partial charge >= 0.3 is 0 Å². The lowest BCUT2D eigenvalue weighted by Crippen LogP contribution is -2.18. The molecule has 0 saturated carbocycles. The maximum absolute atomic E-state index is 5.49. The zero-order valence-corrected chi connectivity index (χ0v) is 5.48. The highest BCUT2D eigenvalue weighted by Crippen LogP contribution is 2.13. The molecule has 0 radical (unpaired) electrons. The van der Waals surface area contributed by atoms with Gasteiger partial charge in [0, 0.05) is 18.7 Å². The molecule has 1 aliphatic heterocycles. The molecule has 8 heavy (non-hydrogen) atoms. The molecule has 0 unspecified atom stereocenters. The highest BCUT2D eigenvalue weighted by atomic mass is 32.2. The van der Waals surface area contributed by atoms with Crippen molar-refractivity contribution in [2.24, 2.45) is 5.73 Å². The van der Waals surface area contributed by atoms with Crippen molar-refractivity contribution in [3.05, 3.63) is 22.8 Å². The smallest absolute Gasteiger partial charge is 0.109 e. The minimum absolute atomic E-state index is 0.803. The lowest BCUT2D eigenvalue weighted by Gasteiger charge is -2.15. The third-order valence-corrected chi connectivity index (χ3v) is 1.62. The fourth-order valence-electron chi connectivity index (χ4n) is 0.405. The number of nitrogens with zero attached hydrogens (tertiary/aromatic N) is 1.